The number of thioether (sulfide) groups is 1. The van der Waals surface area contributed by atoms with Crippen LogP contribution in [0.2, 0.25) is 0 Å². The van der Waals surface area contributed by atoms with E-state index in [1.54, 1.807) is 24.4 Å². The zero-order valence-corrected chi connectivity index (χ0v) is 15.2. The van der Waals surface area contributed by atoms with Crippen molar-refractivity contribution in [3.8, 4) is 5.75 Å². The maximum absolute atomic E-state index is 12.6. The lowest BCUT2D eigenvalue weighted by Crippen LogP contribution is -2.31. The third-order valence-electron chi connectivity index (χ3n) is 4.52. The van der Waals surface area contributed by atoms with E-state index in [9.17, 15) is 14.7 Å². The number of hydrogen-bond donors (Lipinski definition) is 1. The summed E-state index contributed by atoms with van der Waals surface area (Å²) in [4.78, 5) is 30.8. The molecule has 0 spiro atoms. The molecule has 1 fully saturated rings. The van der Waals surface area contributed by atoms with Gasteiger partial charge in [0.1, 0.15) is 5.75 Å². The number of aliphatic carboxylic acids is 1. The van der Waals surface area contributed by atoms with Gasteiger partial charge in [-0.2, -0.15) is 0 Å². The van der Waals surface area contributed by atoms with Gasteiger partial charge in [0.15, 0.2) is 0 Å². The van der Waals surface area contributed by atoms with Gasteiger partial charge in [-0.15, -0.1) is 11.8 Å². The van der Waals surface area contributed by atoms with Crippen LogP contribution in [-0.4, -0.2) is 52.8 Å². The minimum atomic E-state index is -0.880. The van der Waals surface area contributed by atoms with Crippen LogP contribution in [0.15, 0.2) is 53.7 Å². The summed E-state index contributed by atoms with van der Waals surface area (Å²) in [6.45, 7) is 0.632. The number of likely N-dealkylation sites (tertiary alicyclic amines) is 1. The number of carbonyl (C=O) groups is 2. The summed E-state index contributed by atoms with van der Waals surface area (Å²) < 4.78 is 5.24. The van der Waals surface area contributed by atoms with Crippen LogP contribution < -0.4 is 4.74 Å². The second-order valence-corrected chi connectivity index (χ2v) is 7.15. The van der Waals surface area contributed by atoms with Crippen LogP contribution in [0.5, 0.6) is 5.75 Å². The quantitative estimate of drug-likeness (QED) is 0.785. The number of nitrogens with zero attached hydrogens (tertiary/aromatic N) is 2. The van der Waals surface area contributed by atoms with Gasteiger partial charge in [0.2, 0.25) is 5.91 Å². The maximum Gasteiger partial charge on any atom is 0.308 e. The first kappa shape index (κ1) is 18.3. The number of ether oxygens (including phenoxy) is 1. The molecule has 1 aromatic heterocycles. The molecule has 1 aliphatic rings. The summed E-state index contributed by atoms with van der Waals surface area (Å²) in [6, 6.07) is 11.1. The molecule has 0 saturated carbocycles. The van der Waals surface area contributed by atoms with Crippen molar-refractivity contribution >= 4 is 23.6 Å². The third-order valence-corrected chi connectivity index (χ3v) is 5.52. The third kappa shape index (κ3) is 4.16. The lowest BCUT2D eigenvalue weighted by atomic mass is 9.89. The number of carboxylic acids is 1. The van der Waals surface area contributed by atoms with Crippen molar-refractivity contribution in [3.05, 3.63) is 54.4 Å². The van der Waals surface area contributed by atoms with E-state index >= 15 is 0 Å². The predicted molar refractivity (Wildman–Crippen MR) is 98.4 cm³/mol. The molecule has 2 aromatic rings. The molecule has 1 aliphatic heterocycles. The van der Waals surface area contributed by atoms with Crippen molar-refractivity contribution in [1.29, 1.82) is 0 Å². The highest BCUT2D eigenvalue weighted by atomic mass is 32.2. The Balaban J connectivity index is 1.70. The molecular weight excluding hydrogens is 352 g/mol. The summed E-state index contributed by atoms with van der Waals surface area (Å²) in [6.07, 6.45) is 3.36. The van der Waals surface area contributed by atoms with E-state index in [0.29, 0.717) is 12.3 Å². The van der Waals surface area contributed by atoms with Crippen LogP contribution in [0, 0.1) is 5.92 Å². The Hall–Kier alpha value is -2.54. The summed E-state index contributed by atoms with van der Waals surface area (Å²) in [7, 11) is 1.58. The second-order valence-electron chi connectivity index (χ2n) is 6.10. The molecule has 0 unspecified atom stereocenters. The van der Waals surface area contributed by atoms with Gasteiger partial charge in [0.05, 0.1) is 18.8 Å². The number of benzene rings is 1. The second kappa shape index (κ2) is 8.23. The number of aromatic nitrogens is 1. The Morgan fingerprint density at radius 1 is 1.27 bits per heavy atom. The van der Waals surface area contributed by atoms with Gasteiger partial charge >= 0.3 is 5.97 Å². The topological polar surface area (TPSA) is 79.7 Å². The van der Waals surface area contributed by atoms with Crippen LogP contribution in [-0.2, 0) is 9.59 Å². The van der Waals surface area contributed by atoms with Crippen LogP contribution in [0.25, 0.3) is 0 Å². The smallest absolute Gasteiger partial charge is 0.308 e. The average molecular weight is 372 g/mol. The number of hydrogen-bond acceptors (Lipinski definition) is 5. The molecule has 0 bridgehead atoms. The number of pyridine rings is 1. The van der Waals surface area contributed by atoms with Crippen LogP contribution in [0.4, 0.5) is 0 Å². The van der Waals surface area contributed by atoms with Crippen molar-refractivity contribution in [1.82, 2.24) is 9.88 Å². The number of carbonyl (C=O) groups excluding carboxylic acids is 1. The van der Waals surface area contributed by atoms with Crippen molar-refractivity contribution < 1.29 is 19.4 Å². The number of rotatable bonds is 6. The highest BCUT2D eigenvalue weighted by Gasteiger charge is 2.40. The van der Waals surface area contributed by atoms with E-state index in [1.165, 1.54) is 11.8 Å². The zero-order valence-electron chi connectivity index (χ0n) is 14.4. The van der Waals surface area contributed by atoms with Gasteiger partial charge in [0, 0.05) is 36.3 Å². The lowest BCUT2D eigenvalue weighted by Gasteiger charge is -2.17. The first-order valence-electron chi connectivity index (χ1n) is 8.26. The molecule has 2 heterocycles. The molecule has 2 atom stereocenters. The fourth-order valence-corrected chi connectivity index (χ4v) is 3.93. The molecule has 136 valence electrons. The first-order chi connectivity index (χ1) is 12.6. The molecular formula is C19H20N2O4S. The van der Waals surface area contributed by atoms with Gasteiger partial charge in [-0.25, -0.2) is 0 Å². The van der Waals surface area contributed by atoms with E-state index in [2.05, 4.69) is 4.98 Å². The molecule has 1 saturated heterocycles. The monoisotopic (exact) mass is 372 g/mol. The summed E-state index contributed by atoms with van der Waals surface area (Å²) >= 11 is 1.43. The molecule has 0 aliphatic carbocycles. The van der Waals surface area contributed by atoms with E-state index in [1.807, 2.05) is 36.4 Å². The molecule has 6 nitrogen and oxygen atoms in total. The molecule has 7 heteroatoms. The Bertz CT molecular complexity index is 784. The van der Waals surface area contributed by atoms with E-state index in [-0.39, 0.29) is 24.1 Å². The summed E-state index contributed by atoms with van der Waals surface area (Å²) in [5.74, 6) is -0.821. The molecule has 1 N–H and O–H groups in total. The highest BCUT2D eigenvalue weighted by Crippen LogP contribution is 2.35. The van der Waals surface area contributed by atoms with Crippen LogP contribution in [0.1, 0.15) is 11.5 Å². The van der Waals surface area contributed by atoms with Crippen molar-refractivity contribution in [2.24, 2.45) is 5.92 Å². The first-order valence-corrected chi connectivity index (χ1v) is 9.24. The Labute approximate surface area is 156 Å². The SMILES string of the molecule is COc1cccc([C@@H]2CN(C(=O)CSc3ccncc3)C[C@H]2C(=O)O)c1. The number of carboxylic acid groups (broad SMARTS) is 1. The van der Waals surface area contributed by atoms with Gasteiger partial charge < -0.3 is 14.7 Å². The standard InChI is InChI=1S/C19H20N2O4S/c1-25-14-4-2-3-13(9-14)16-10-21(11-17(16)19(23)24)18(22)12-26-15-5-7-20-8-6-15/h2-9,16-17H,10-12H2,1H3,(H,23,24)/t16-,17+/m0/s1. The van der Waals surface area contributed by atoms with Gasteiger partial charge in [-0.3, -0.25) is 14.6 Å². The van der Waals surface area contributed by atoms with Crippen LogP contribution in [0.3, 0.4) is 0 Å². The van der Waals surface area contributed by atoms with Gasteiger partial charge in [-0.1, -0.05) is 12.1 Å². The Morgan fingerprint density at radius 3 is 2.73 bits per heavy atom. The number of methoxy groups -OCH3 is 1. The minimum Gasteiger partial charge on any atom is -0.497 e. The fourth-order valence-electron chi connectivity index (χ4n) is 3.14. The maximum atomic E-state index is 12.6. The van der Waals surface area contributed by atoms with E-state index in [4.69, 9.17) is 4.74 Å². The fraction of sp³-hybridized carbons (Fsp3) is 0.316. The molecule has 1 amide bonds. The highest BCUT2D eigenvalue weighted by molar-refractivity contribution is 8.00. The van der Waals surface area contributed by atoms with Crippen LogP contribution >= 0.6 is 11.8 Å². The zero-order chi connectivity index (χ0) is 18.5. The van der Waals surface area contributed by atoms with Crippen molar-refractivity contribution in [2.45, 2.75) is 10.8 Å². The number of amides is 1. The van der Waals surface area contributed by atoms with E-state index in [0.717, 1.165) is 10.5 Å². The Morgan fingerprint density at radius 2 is 2.04 bits per heavy atom. The minimum absolute atomic E-state index is 0.0524. The lowest BCUT2D eigenvalue weighted by molar-refractivity contribution is -0.141. The summed E-state index contributed by atoms with van der Waals surface area (Å²) in [5.41, 5.74) is 0.883. The average Bonchev–Trinajstić information content (AvgIpc) is 3.13. The summed E-state index contributed by atoms with van der Waals surface area (Å²) in [5, 5.41) is 9.60. The molecule has 1 aromatic carbocycles. The Kier molecular flexibility index (Phi) is 5.78. The van der Waals surface area contributed by atoms with Gasteiger partial charge in [-0.05, 0) is 29.8 Å². The largest absolute Gasteiger partial charge is 0.497 e. The van der Waals surface area contributed by atoms with Gasteiger partial charge in [0.25, 0.3) is 0 Å². The van der Waals surface area contributed by atoms with E-state index < -0.39 is 11.9 Å². The molecule has 0 radical (unpaired) electrons. The van der Waals surface area contributed by atoms with Crippen molar-refractivity contribution in [3.63, 3.8) is 0 Å². The van der Waals surface area contributed by atoms with Crippen molar-refractivity contribution in [2.75, 3.05) is 26.0 Å². The predicted octanol–water partition coefficient (Wildman–Crippen LogP) is 2.51. The molecule has 26 heavy (non-hydrogen) atoms. The molecule has 3 rings (SSSR count). The normalized spacial score (nSPS) is 19.3.